The van der Waals surface area contributed by atoms with E-state index in [4.69, 9.17) is 14.7 Å². The van der Waals surface area contributed by atoms with Gasteiger partial charge in [0.05, 0.1) is 41.0 Å². The fourth-order valence-corrected chi connectivity index (χ4v) is 4.98. The zero-order valence-electron chi connectivity index (χ0n) is 20.3. The van der Waals surface area contributed by atoms with Gasteiger partial charge in [-0.2, -0.15) is 0 Å². The molecule has 0 unspecified atom stereocenters. The van der Waals surface area contributed by atoms with Crippen molar-refractivity contribution in [1.29, 1.82) is 0 Å². The lowest BCUT2D eigenvalue weighted by atomic mass is 9.86. The van der Waals surface area contributed by atoms with Crippen molar-refractivity contribution in [2.45, 2.75) is 32.1 Å². The van der Waals surface area contributed by atoms with E-state index >= 15 is 0 Å². The molecule has 1 atom stereocenters. The standard InChI is InChI=1S/C28H24N4O4.ClH/c1-3-28(35)21-13-24-25-17(14-32(24)26(33)20(21)15-36-27(28)34)12-19-22(10-7-11-23(19)30-25)29-16-31(2)18-8-5-4-6-9-18;/h4-13,16,35H,3,14-15H2,1-2H3;1H/t28-;/m0./s1. The predicted octanol–water partition coefficient (Wildman–Crippen LogP) is 4.30. The Hall–Kier alpha value is -4.01. The van der Waals surface area contributed by atoms with Crippen LogP contribution in [0.5, 0.6) is 0 Å². The molecule has 0 aliphatic carbocycles. The van der Waals surface area contributed by atoms with Crippen LogP contribution in [-0.4, -0.2) is 34.0 Å². The summed E-state index contributed by atoms with van der Waals surface area (Å²) in [5.41, 5.74) is 3.20. The molecule has 1 N–H and O–H groups in total. The maximum absolute atomic E-state index is 13.4. The van der Waals surface area contributed by atoms with Crippen LogP contribution >= 0.6 is 12.4 Å². The van der Waals surface area contributed by atoms with Crippen LogP contribution in [0.3, 0.4) is 0 Å². The summed E-state index contributed by atoms with van der Waals surface area (Å²) in [4.78, 5) is 37.3. The van der Waals surface area contributed by atoms with Crippen molar-refractivity contribution in [3.05, 3.63) is 87.7 Å². The molecule has 0 amide bonds. The fourth-order valence-electron chi connectivity index (χ4n) is 4.98. The molecule has 9 heteroatoms. The number of cyclic esters (lactones) is 1. The predicted molar refractivity (Wildman–Crippen MR) is 145 cm³/mol. The lowest BCUT2D eigenvalue weighted by molar-refractivity contribution is -0.172. The Kier molecular flexibility index (Phi) is 6.09. The lowest BCUT2D eigenvalue weighted by Crippen LogP contribution is -2.44. The molecule has 0 spiro atoms. The molecule has 2 aliphatic heterocycles. The van der Waals surface area contributed by atoms with Gasteiger partial charge < -0.3 is 19.3 Å². The number of esters is 1. The molecule has 2 aliphatic rings. The van der Waals surface area contributed by atoms with Crippen LogP contribution in [0, 0.1) is 0 Å². The molecule has 8 nitrogen and oxygen atoms in total. The minimum atomic E-state index is -1.84. The molecule has 0 saturated carbocycles. The van der Waals surface area contributed by atoms with E-state index in [2.05, 4.69) is 0 Å². The second-order valence-electron chi connectivity index (χ2n) is 9.13. The van der Waals surface area contributed by atoms with E-state index < -0.39 is 11.6 Å². The Balaban J connectivity index is 0.00000280. The molecule has 4 aromatic rings. The summed E-state index contributed by atoms with van der Waals surface area (Å²) < 4.78 is 6.78. The first kappa shape index (κ1) is 24.7. The van der Waals surface area contributed by atoms with Gasteiger partial charge in [-0.3, -0.25) is 4.79 Å². The molecule has 2 aromatic carbocycles. The molecule has 0 radical (unpaired) electrons. The number of aliphatic hydroxyl groups is 1. The summed E-state index contributed by atoms with van der Waals surface area (Å²) in [6.07, 6.45) is 1.88. The SMILES string of the molecule is CC[C@@]1(O)C(=O)OCc2c1cc1n(c2=O)Cc2cc3c(N=CN(C)c4ccccc4)cccc3nc2-1.Cl. The summed E-state index contributed by atoms with van der Waals surface area (Å²) in [6, 6.07) is 19.4. The molecule has 188 valence electrons. The van der Waals surface area contributed by atoms with Crippen LogP contribution in [0.2, 0.25) is 0 Å². The number of hydrogen-bond donors (Lipinski definition) is 1. The van der Waals surface area contributed by atoms with E-state index in [0.717, 1.165) is 27.8 Å². The highest BCUT2D eigenvalue weighted by Gasteiger charge is 2.45. The Labute approximate surface area is 219 Å². The second-order valence-corrected chi connectivity index (χ2v) is 9.13. The van der Waals surface area contributed by atoms with Crippen molar-refractivity contribution < 1.29 is 14.6 Å². The highest BCUT2D eigenvalue weighted by Crippen LogP contribution is 2.39. The molecule has 0 fully saturated rings. The van der Waals surface area contributed by atoms with Crippen LogP contribution in [0.4, 0.5) is 11.4 Å². The quantitative estimate of drug-likeness (QED) is 0.217. The molecular formula is C28H25ClN4O4. The second kappa shape index (κ2) is 9.14. The van der Waals surface area contributed by atoms with Gasteiger partial charge >= 0.3 is 5.97 Å². The molecule has 37 heavy (non-hydrogen) atoms. The Bertz CT molecular complexity index is 1630. The van der Waals surface area contributed by atoms with Gasteiger partial charge in [0.2, 0.25) is 0 Å². The summed E-state index contributed by atoms with van der Waals surface area (Å²) in [6.45, 7) is 1.90. The van der Waals surface area contributed by atoms with Gasteiger partial charge in [-0.1, -0.05) is 31.2 Å². The Morgan fingerprint density at radius 1 is 1.16 bits per heavy atom. The molecule has 6 rings (SSSR count). The normalized spacial score (nSPS) is 17.6. The topological polar surface area (TPSA) is 97.0 Å². The van der Waals surface area contributed by atoms with Crippen LogP contribution < -0.4 is 10.5 Å². The number of para-hydroxylation sites is 1. The van der Waals surface area contributed by atoms with Crippen molar-refractivity contribution in [1.82, 2.24) is 9.55 Å². The van der Waals surface area contributed by atoms with Gasteiger partial charge in [0.1, 0.15) is 6.61 Å². The van der Waals surface area contributed by atoms with E-state index in [-0.39, 0.29) is 31.0 Å². The highest BCUT2D eigenvalue weighted by atomic mass is 35.5. The van der Waals surface area contributed by atoms with Crippen LogP contribution in [0.15, 0.2) is 70.5 Å². The maximum Gasteiger partial charge on any atom is 0.343 e. The number of benzene rings is 2. The largest absolute Gasteiger partial charge is 0.458 e. The van der Waals surface area contributed by atoms with Gasteiger partial charge in [-0.05, 0) is 42.8 Å². The molecule has 4 heterocycles. The number of hydrogen-bond acceptors (Lipinski definition) is 6. The average Bonchev–Trinajstić information content (AvgIpc) is 3.27. The smallest absolute Gasteiger partial charge is 0.343 e. The van der Waals surface area contributed by atoms with Crippen molar-refractivity contribution in [3.63, 3.8) is 0 Å². The maximum atomic E-state index is 13.4. The highest BCUT2D eigenvalue weighted by molar-refractivity contribution is 5.95. The van der Waals surface area contributed by atoms with E-state index in [1.807, 2.05) is 66.5 Å². The number of rotatable bonds is 4. The first-order chi connectivity index (χ1) is 17.4. The first-order valence-corrected chi connectivity index (χ1v) is 11.8. The van der Waals surface area contributed by atoms with Crippen molar-refractivity contribution in [2.75, 3.05) is 11.9 Å². The minimum absolute atomic E-state index is 0. The number of carbonyl (C=O) groups is 1. The number of nitrogens with zero attached hydrogens (tertiary/aromatic N) is 4. The van der Waals surface area contributed by atoms with Crippen LogP contribution in [0.1, 0.15) is 30.0 Å². The number of aromatic nitrogens is 2. The fraction of sp³-hybridized carbons (Fsp3) is 0.214. The van der Waals surface area contributed by atoms with Crippen molar-refractivity contribution in [2.24, 2.45) is 4.99 Å². The first-order valence-electron chi connectivity index (χ1n) is 11.8. The summed E-state index contributed by atoms with van der Waals surface area (Å²) in [7, 11) is 1.94. The zero-order chi connectivity index (χ0) is 25.0. The Morgan fingerprint density at radius 3 is 2.70 bits per heavy atom. The summed E-state index contributed by atoms with van der Waals surface area (Å²) in [5.74, 6) is -0.727. The van der Waals surface area contributed by atoms with Crippen molar-refractivity contribution in [3.8, 4) is 11.4 Å². The van der Waals surface area contributed by atoms with Crippen molar-refractivity contribution >= 4 is 47.0 Å². The van der Waals surface area contributed by atoms with Gasteiger partial charge in [0.25, 0.3) is 5.56 Å². The summed E-state index contributed by atoms with van der Waals surface area (Å²) >= 11 is 0. The van der Waals surface area contributed by atoms with Crippen LogP contribution in [0.25, 0.3) is 22.3 Å². The number of aliphatic imine (C=N–C) groups is 1. The monoisotopic (exact) mass is 516 g/mol. The Morgan fingerprint density at radius 2 is 1.95 bits per heavy atom. The molecular weight excluding hydrogens is 492 g/mol. The zero-order valence-corrected chi connectivity index (χ0v) is 21.2. The molecule has 2 aromatic heterocycles. The van der Waals surface area contributed by atoms with Gasteiger partial charge in [0.15, 0.2) is 5.60 Å². The average molecular weight is 517 g/mol. The lowest BCUT2D eigenvalue weighted by Gasteiger charge is -2.31. The number of fused-ring (bicyclic) bond motifs is 5. The molecule has 0 saturated heterocycles. The number of carbonyl (C=O) groups excluding carboxylic acids is 1. The third-order valence-electron chi connectivity index (χ3n) is 7.06. The van der Waals surface area contributed by atoms with E-state index in [0.29, 0.717) is 29.1 Å². The van der Waals surface area contributed by atoms with Gasteiger partial charge in [-0.15, -0.1) is 12.4 Å². The van der Waals surface area contributed by atoms with E-state index in [1.165, 1.54) is 0 Å². The number of anilines is 1. The van der Waals surface area contributed by atoms with Gasteiger partial charge in [0, 0.05) is 29.2 Å². The van der Waals surface area contributed by atoms with Crippen LogP contribution in [-0.2, 0) is 28.3 Å². The number of halogens is 1. The molecule has 0 bridgehead atoms. The third kappa shape index (κ3) is 3.80. The third-order valence-corrected chi connectivity index (χ3v) is 7.06. The summed E-state index contributed by atoms with van der Waals surface area (Å²) in [5, 5.41) is 11.9. The van der Waals surface area contributed by atoms with E-state index in [1.54, 1.807) is 23.9 Å². The van der Waals surface area contributed by atoms with E-state index in [9.17, 15) is 14.7 Å². The number of pyridine rings is 2. The minimum Gasteiger partial charge on any atom is -0.458 e. The number of ether oxygens (including phenoxy) is 1. The van der Waals surface area contributed by atoms with Gasteiger partial charge in [-0.25, -0.2) is 14.8 Å².